The summed E-state index contributed by atoms with van der Waals surface area (Å²) in [5, 5.41) is 5.42. The highest BCUT2D eigenvalue weighted by molar-refractivity contribution is 5.92. The molecule has 0 bridgehead atoms. The molecule has 136 valence electrons. The molecule has 3 aromatic carbocycles. The lowest BCUT2D eigenvalue weighted by molar-refractivity contribution is -0.115. The fourth-order valence-electron chi connectivity index (χ4n) is 3.39. The second kappa shape index (κ2) is 6.89. The third-order valence-corrected chi connectivity index (χ3v) is 4.61. The number of anilines is 1. The molecular formula is C21H15F3N2O. The molecule has 6 heteroatoms. The molecule has 1 amide bonds. The fourth-order valence-corrected chi connectivity index (χ4v) is 3.39. The summed E-state index contributed by atoms with van der Waals surface area (Å²) in [6.07, 6.45) is 0. The zero-order valence-electron chi connectivity index (χ0n) is 14.1. The van der Waals surface area contributed by atoms with E-state index in [2.05, 4.69) is 10.6 Å². The van der Waals surface area contributed by atoms with E-state index in [4.69, 9.17) is 0 Å². The number of hydrogen-bond donors (Lipinski definition) is 2. The van der Waals surface area contributed by atoms with E-state index in [1.54, 1.807) is 0 Å². The Bertz CT molecular complexity index is 990. The molecule has 4 rings (SSSR count). The summed E-state index contributed by atoms with van der Waals surface area (Å²) in [6, 6.07) is 17.4. The highest BCUT2D eigenvalue weighted by Gasteiger charge is 2.28. The predicted octanol–water partition coefficient (Wildman–Crippen LogP) is 4.40. The number of fused-ring (bicyclic) bond motifs is 3. The normalized spacial score (nSPS) is 12.6. The molecule has 2 N–H and O–H groups in total. The van der Waals surface area contributed by atoms with E-state index in [-0.39, 0.29) is 12.6 Å². The highest BCUT2D eigenvalue weighted by atomic mass is 19.2. The maximum Gasteiger partial charge on any atom is 0.238 e. The Morgan fingerprint density at radius 3 is 2.04 bits per heavy atom. The first-order valence-electron chi connectivity index (χ1n) is 8.41. The Morgan fingerprint density at radius 2 is 1.41 bits per heavy atom. The van der Waals surface area contributed by atoms with Gasteiger partial charge in [0.25, 0.3) is 0 Å². The Morgan fingerprint density at radius 1 is 0.815 bits per heavy atom. The molecule has 1 aliphatic rings. The summed E-state index contributed by atoms with van der Waals surface area (Å²) >= 11 is 0. The van der Waals surface area contributed by atoms with Gasteiger partial charge in [-0.1, -0.05) is 48.5 Å². The molecule has 0 fully saturated rings. The van der Waals surface area contributed by atoms with Crippen LogP contribution in [0.15, 0.2) is 60.7 Å². The van der Waals surface area contributed by atoms with Gasteiger partial charge in [-0.05, 0) is 34.4 Å². The number of nitrogens with one attached hydrogen (secondary N) is 2. The van der Waals surface area contributed by atoms with Crippen molar-refractivity contribution in [2.24, 2.45) is 0 Å². The van der Waals surface area contributed by atoms with Crippen molar-refractivity contribution in [3.63, 3.8) is 0 Å². The predicted molar refractivity (Wildman–Crippen MR) is 96.7 cm³/mol. The third-order valence-electron chi connectivity index (χ3n) is 4.61. The van der Waals surface area contributed by atoms with E-state index in [0.717, 1.165) is 34.4 Å². The van der Waals surface area contributed by atoms with Crippen LogP contribution in [0, 0.1) is 17.5 Å². The van der Waals surface area contributed by atoms with E-state index in [9.17, 15) is 18.0 Å². The number of carbonyl (C=O) groups is 1. The summed E-state index contributed by atoms with van der Waals surface area (Å²) in [6.45, 7) is -0.119. The van der Waals surface area contributed by atoms with Crippen molar-refractivity contribution in [2.75, 3.05) is 11.9 Å². The Hall–Kier alpha value is -3.12. The van der Waals surface area contributed by atoms with Crippen molar-refractivity contribution in [3.05, 3.63) is 89.2 Å². The van der Waals surface area contributed by atoms with Gasteiger partial charge in [0.05, 0.1) is 18.3 Å². The van der Waals surface area contributed by atoms with Gasteiger partial charge in [0.1, 0.15) is 0 Å². The molecule has 0 atom stereocenters. The van der Waals surface area contributed by atoms with E-state index in [1.807, 2.05) is 48.5 Å². The van der Waals surface area contributed by atoms with Gasteiger partial charge in [-0.15, -0.1) is 0 Å². The zero-order valence-corrected chi connectivity index (χ0v) is 14.1. The summed E-state index contributed by atoms with van der Waals surface area (Å²) in [5.74, 6) is -4.89. The molecule has 3 nitrogen and oxygen atoms in total. The van der Waals surface area contributed by atoms with Crippen molar-refractivity contribution in [1.82, 2.24) is 5.32 Å². The summed E-state index contributed by atoms with van der Waals surface area (Å²) < 4.78 is 40.0. The molecule has 0 spiro atoms. The Balaban J connectivity index is 1.51. The largest absolute Gasteiger partial charge is 0.322 e. The van der Waals surface area contributed by atoms with Crippen LogP contribution >= 0.6 is 0 Å². The maximum absolute atomic E-state index is 13.7. The fraction of sp³-hybridized carbons (Fsp3) is 0.0952. The molecule has 0 aliphatic heterocycles. The first-order valence-corrected chi connectivity index (χ1v) is 8.41. The molecule has 0 heterocycles. The minimum absolute atomic E-state index is 0.119. The quantitative estimate of drug-likeness (QED) is 0.670. The van der Waals surface area contributed by atoms with E-state index in [0.29, 0.717) is 0 Å². The molecule has 0 saturated carbocycles. The summed E-state index contributed by atoms with van der Waals surface area (Å²) in [5.41, 5.74) is 3.89. The van der Waals surface area contributed by atoms with Gasteiger partial charge in [-0.2, -0.15) is 0 Å². The second-order valence-corrected chi connectivity index (χ2v) is 6.26. The molecule has 3 aromatic rings. The number of carbonyl (C=O) groups excluding carboxylic acids is 1. The molecule has 0 saturated heterocycles. The van der Waals surface area contributed by atoms with Crippen LogP contribution in [0.5, 0.6) is 0 Å². The summed E-state index contributed by atoms with van der Waals surface area (Å²) in [4.78, 5) is 12.2. The lowest BCUT2D eigenvalue weighted by Gasteiger charge is -2.16. The van der Waals surface area contributed by atoms with Crippen LogP contribution in [-0.4, -0.2) is 12.5 Å². The first-order chi connectivity index (χ1) is 13.1. The van der Waals surface area contributed by atoms with Gasteiger partial charge in [-0.3, -0.25) is 10.1 Å². The number of halogens is 3. The lowest BCUT2D eigenvalue weighted by Crippen LogP contribution is -2.31. The summed E-state index contributed by atoms with van der Waals surface area (Å²) in [7, 11) is 0. The Kier molecular flexibility index (Phi) is 4.41. The number of hydrogen-bond acceptors (Lipinski definition) is 2. The van der Waals surface area contributed by atoms with Crippen LogP contribution in [0.2, 0.25) is 0 Å². The van der Waals surface area contributed by atoms with E-state index in [1.165, 1.54) is 0 Å². The van der Waals surface area contributed by atoms with Gasteiger partial charge in [0.15, 0.2) is 17.5 Å². The smallest absolute Gasteiger partial charge is 0.238 e. The molecule has 0 radical (unpaired) electrons. The standard InChI is InChI=1S/C21H15F3N2O/c22-16-9-10-17(20(24)19(16)23)26-18(27)11-25-21-14-7-3-1-5-12(14)13-6-2-4-8-15(13)21/h1-10,21,25H,11H2,(H,26,27). The van der Waals surface area contributed by atoms with E-state index >= 15 is 0 Å². The Labute approximate surface area is 153 Å². The zero-order chi connectivity index (χ0) is 19.0. The third kappa shape index (κ3) is 3.08. The number of benzene rings is 3. The van der Waals surface area contributed by atoms with Crippen LogP contribution < -0.4 is 10.6 Å². The van der Waals surface area contributed by atoms with Gasteiger partial charge in [-0.25, -0.2) is 13.2 Å². The lowest BCUT2D eigenvalue weighted by atomic mass is 10.1. The highest BCUT2D eigenvalue weighted by Crippen LogP contribution is 2.42. The van der Waals surface area contributed by atoms with Gasteiger partial charge in [0.2, 0.25) is 5.91 Å². The minimum atomic E-state index is -1.61. The molecular weight excluding hydrogens is 353 g/mol. The molecule has 0 unspecified atom stereocenters. The number of amides is 1. The first kappa shape index (κ1) is 17.3. The van der Waals surface area contributed by atoms with E-state index < -0.39 is 29.0 Å². The van der Waals surface area contributed by atoms with Crippen LogP contribution in [0.1, 0.15) is 17.2 Å². The van der Waals surface area contributed by atoms with Gasteiger partial charge in [0, 0.05) is 0 Å². The monoisotopic (exact) mass is 368 g/mol. The van der Waals surface area contributed by atoms with Crippen LogP contribution in [0.4, 0.5) is 18.9 Å². The van der Waals surface area contributed by atoms with Crippen molar-refractivity contribution >= 4 is 11.6 Å². The average molecular weight is 368 g/mol. The molecule has 27 heavy (non-hydrogen) atoms. The van der Waals surface area contributed by atoms with Crippen LogP contribution in [0.3, 0.4) is 0 Å². The second-order valence-electron chi connectivity index (χ2n) is 6.26. The average Bonchev–Trinajstić information content (AvgIpc) is 3.01. The van der Waals surface area contributed by atoms with Crippen molar-refractivity contribution in [3.8, 4) is 11.1 Å². The van der Waals surface area contributed by atoms with Crippen LogP contribution in [-0.2, 0) is 4.79 Å². The van der Waals surface area contributed by atoms with Gasteiger partial charge >= 0.3 is 0 Å². The molecule has 1 aliphatic carbocycles. The van der Waals surface area contributed by atoms with Crippen LogP contribution in [0.25, 0.3) is 11.1 Å². The van der Waals surface area contributed by atoms with Crippen molar-refractivity contribution < 1.29 is 18.0 Å². The topological polar surface area (TPSA) is 41.1 Å². The SMILES string of the molecule is O=C(CNC1c2ccccc2-c2ccccc21)Nc1ccc(F)c(F)c1F. The molecule has 0 aromatic heterocycles. The minimum Gasteiger partial charge on any atom is -0.322 e. The number of rotatable bonds is 4. The van der Waals surface area contributed by atoms with Crippen molar-refractivity contribution in [2.45, 2.75) is 6.04 Å². The van der Waals surface area contributed by atoms with Crippen molar-refractivity contribution in [1.29, 1.82) is 0 Å². The maximum atomic E-state index is 13.7. The van der Waals surface area contributed by atoms with Gasteiger partial charge < -0.3 is 5.32 Å².